The average Bonchev–Trinajstić information content (AvgIpc) is 2.24. The Morgan fingerprint density at radius 2 is 1.53 bits per heavy atom. The Morgan fingerprint density at radius 3 is 1.89 bits per heavy atom. The molecule has 0 amide bonds. The summed E-state index contributed by atoms with van der Waals surface area (Å²) < 4.78 is 0. The molecule has 0 aromatic heterocycles. The lowest BCUT2D eigenvalue weighted by Gasteiger charge is -2.19. The minimum atomic E-state index is -2.91. The van der Waals surface area contributed by atoms with Crippen LogP contribution in [0.5, 0.6) is 0 Å². The Kier molecular flexibility index (Phi) is 5.60. The standard InChI is InChI=1S/C9H10O10/c1-4(10)7(14)19-18-6(13)3-9(17,8(15)16)2-5(11)12/h17H,2-3H2,1H3,(H,11,12)(H,15,16). The third-order valence-electron chi connectivity index (χ3n) is 1.78. The number of hydrogen-bond acceptors (Lipinski definition) is 8. The molecule has 0 aliphatic rings. The van der Waals surface area contributed by atoms with Gasteiger partial charge in [-0.1, -0.05) is 0 Å². The summed E-state index contributed by atoms with van der Waals surface area (Å²) in [4.78, 5) is 60.5. The maximum absolute atomic E-state index is 11.0. The molecular formula is C9H10O10. The summed E-state index contributed by atoms with van der Waals surface area (Å²) in [5.41, 5.74) is -2.91. The zero-order chi connectivity index (χ0) is 15.2. The van der Waals surface area contributed by atoms with Crippen molar-refractivity contribution >= 4 is 29.7 Å². The fourth-order valence-electron chi connectivity index (χ4n) is 0.875. The highest BCUT2D eigenvalue weighted by atomic mass is 17.2. The molecule has 0 bridgehead atoms. The van der Waals surface area contributed by atoms with Crippen LogP contribution >= 0.6 is 0 Å². The van der Waals surface area contributed by atoms with Gasteiger partial charge in [-0.15, -0.1) is 0 Å². The van der Waals surface area contributed by atoms with Crippen molar-refractivity contribution in [2.24, 2.45) is 0 Å². The van der Waals surface area contributed by atoms with Gasteiger partial charge >= 0.3 is 23.9 Å². The van der Waals surface area contributed by atoms with Gasteiger partial charge in [-0.25, -0.2) is 24.2 Å². The zero-order valence-corrected chi connectivity index (χ0v) is 9.61. The summed E-state index contributed by atoms with van der Waals surface area (Å²) in [6.07, 6.45) is -2.54. The van der Waals surface area contributed by atoms with Gasteiger partial charge in [0, 0.05) is 6.92 Å². The fraction of sp³-hybridized carbons (Fsp3) is 0.444. The Labute approximate surface area is 105 Å². The van der Waals surface area contributed by atoms with E-state index in [0.717, 1.165) is 6.92 Å². The summed E-state index contributed by atoms with van der Waals surface area (Å²) >= 11 is 0. The van der Waals surface area contributed by atoms with Crippen molar-refractivity contribution in [3.05, 3.63) is 0 Å². The molecule has 0 fully saturated rings. The summed E-state index contributed by atoms with van der Waals surface area (Å²) in [6.45, 7) is 0.828. The predicted molar refractivity (Wildman–Crippen MR) is 52.3 cm³/mol. The van der Waals surface area contributed by atoms with E-state index in [-0.39, 0.29) is 0 Å². The third-order valence-corrected chi connectivity index (χ3v) is 1.78. The number of carboxylic acid groups (broad SMARTS) is 2. The second kappa shape index (κ2) is 6.44. The van der Waals surface area contributed by atoms with Crippen LogP contribution in [0, 0.1) is 0 Å². The van der Waals surface area contributed by atoms with Crippen molar-refractivity contribution in [3.8, 4) is 0 Å². The Hall–Kier alpha value is -2.49. The maximum Gasteiger partial charge on any atom is 0.421 e. The van der Waals surface area contributed by atoms with Crippen LogP contribution in [0.25, 0.3) is 0 Å². The molecule has 0 aliphatic heterocycles. The van der Waals surface area contributed by atoms with E-state index in [1.807, 2.05) is 0 Å². The highest BCUT2D eigenvalue weighted by Crippen LogP contribution is 2.17. The molecule has 0 saturated carbocycles. The van der Waals surface area contributed by atoms with E-state index < -0.39 is 48.1 Å². The van der Waals surface area contributed by atoms with Gasteiger partial charge in [0.25, 0.3) is 0 Å². The number of ketones is 1. The number of aliphatic carboxylic acids is 2. The summed E-state index contributed by atoms with van der Waals surface area (Å²) in [5, 5.41) is 26.4. The number of carboxylic acids is 2. The van der Waals surface area contributed by atoms with E-state index in [9.17, 15) is 29.1 Å². The first kappa shape index (κ1) is 16.5. The number of hydrogen-bond donors (Lipinski definition) is 3. The van der Waals surface area contributed by atoms with Crippen LogP contribution in [-0.4, -0.2) is 50.6 Å². The highest BCUT2D eigenvalue weighted by molar-refractivity contribution is 6.32. The molecular weight excluding hydrogens is 268 g/mol. The quantitative estimate of drug-likeness (QED) is 0.288. The molecule has 0 aromatic rings. The predicted octanol–water partition coefficient (Wildman–Crippen LogP) is -1.74. The number of aliphatic hydroxyl groups is 1. The first-order valence-electron chi connectivity index (χ1n) is 4.68. The van der Waals surface area contributed by atoms with Gasteiger partial charge in [0.1, 0.15) is 0 Å². The van der Waals surface area contributed by atoms with E-state index >= 15 is 0 Å². The minimum Gasteiger partial charge on any atom is -0.481 e. The first-order chi connectivity index (χ1) is 8.58. The second-order valence-electron chi connectivity index (χ2n) is 3.47. The summed E-state index contributed by atoms with van der Waals surface area (Å²) in [6, 6.07) is 0. The molecule has 1 unspecified atom stereocenters. The molecule has 0 aromatic carbocycles. The van der Waals surface area contributed by atoms with Gasteiger partial charge in [0.2, 0.25) is 5.78 Å². The first-order valence-corrected chi connectivity index (χ1v) is 4.68. The van der Waals surface area contributed by atoms with Crippen LogP contribution in [-0.2, 0) is 33.7 Å². The van der Waals surface area contributed by atoms with Crippen molar-refractivity contribution < 1.29 is 49.1 Å². The number of carbonyl (C=O) groups is 5. The largest absolute Gasteiger partial charge is 0.481 e. The smallest absolute Gasteiger partial charge is 0.421 e. The van der Waals surface area contributed by atoms with Gasteiger partial charge in [0.05, 0.1) is 12.8 Å². The lowest BCUT2D eigenvalue weighted by atomic mass is 9.96. The summed E-state index contributed by atoms with van der Waals surface area (Å²) in [5.74, 6) is -7.75. The number of rotatable bonds is 6. The molecule has 19 heavy (non-hydrogen) atoms. The Morgan fingerprint density at radius 1 is 1.00 bits per heavy atom. The molecule has 1 atom stereocenters. The van der Waals surface area contributed by atoms with Crippen molar-refractivity contribution in [2.45, 2.75) is 25.4 Å². The fourth-order valence-corrected chi connectivity index (χ4v) is 0.875. The van der Waals surface area contributed by atoms with E-state index in [2.05, 4.69) is 9.78 Å². The monoisotopic (exact) mass is 278 g/mol. The molecule has 0 aliphatic carbocycles. The third kappa shape index (κ3) is 5.59. The average molecular weight is 278 g/mol. The second-order valence-corrected chi connectivity index (χ2v) is 3.47. The molecule has 0 saturated heterocycles. The van der Waals surface area contributed by atoms with Crippen molar-refractivity contribution in [3.63, 3.8) is 0 Å². The summed E-state index contributed by atoms with van der Waals surface area (Å²) in [7, 11) is 0. The van der Waals surface area contributed by atoms with Gasteiger partial charge in [-0.2, -0.15) is 0 Å². The maximum atomic E-state index is 11.0. The SMILES string of the molecule is CC(=O)C(=O)OOC(=O)CC(O)(CC(=O)O)C(=O)O. The molecule has 0 spiro atoms. The minimum absolute atomic E-state index is 0.828. The normalized spacial score (nSPS) is 12.9. The Balaban J connectivity index is 4.57. The van der Waals surface area contributed by atoms with Gasteiger partial charge in [0.15, 0.2) is 5.60 Å². The Bertz CT molecular complexity index is 425. The van der Waals surface area contributed by atoms with Crippen LogP contribution in [0.15, 0.2) is 0 Å². The molecule has 106 valence electrons. The number of carbonyl (C=O) groups excluding carboxylic acids is 3. The molecule has 0 heterocycles. The lowest BCUT2D eigenvalue weighted by Crippen LogP contribution is -2.43. The lowest BCUT2D eigenvalue weighted by molar-refractivity contribution is -0.259. The van der Waals surface area contributed by atoms with Crippen LogP contribution in [0.2, 0.25) is 0 Å². The van der Waals surface area contributed by atoms with Gasteiger partial charge in [-0.05, 0) is 0 Å². The van der Waals surface area contributed by atoms with Crippen LogP contribution in [0.1, 0.15) is 19.8 Å². The van der Waals surface area contributed by atoms with Crippen molar-refractivity contribution in [1.82, 2.24) is 0 Å². The molecule has 0 radical (unpaired) electrons. The molecule has 10 heteroatoms. The van der Waals surface area contributed by atoms with Crippen LogP contribution in [0.3, 0.4) is 0 Å². The molecule has 10 nitrogen and oxygen atoms in total. The highest BCUT2D eigenvalue weighted by Gasteiger charge is 2.42. The molecule has 3 N–H and O–H groups in total. The van der Waals surface area contributed by atoms with Crippen molar-refractivity contribution in [2.75, 3.05) is 0 Å². The van der Waals surface area contributed by atoms with E-state index in [1.54, 1.807) is 0 Å². The van der Waals surface area contributed by atoms with E-state index in [0.29, 0.717) is 0 Å². The van der Waals surface area contributed by atoms with Gasteiger partial charge in [-0.3, -0.25) is 9.59 Å². The van der Waals surface area contributed by atoms with Crippen LogP contribution < -0.4 is 0 Å². The zero-order valence-electron chi connectivity index (χ0n) is 9.61. The number of Topliss-reactive ketones (excluding diaryl/α,β-unsaturated/α-hetero) is 1. The topological polar surface area (TPSA) is 165 Å². The molecule has 0 rings (SSSR count). The van der Waals surface area contributed by atoms with E-state index in [4.69, 9.17) is 10.2 Å². The van der Waals surface area contributed by atoms with E-state index in [1.165, 1.54) is 0 Å². The van der Waals surface area contributed by atoms with Crippen LogP contribution in [0.4, 0.5) is 0 Å². The van der Waals surface area contributed by atoms with Gasteiger partial charge < -0.3 is 15.3 Å². The van der Waals surface area contributed by atoms with Crippen molar-refractivity contribution in [1.29, 1.82) is 0 Å².